The Morgan fingerprint density at radius 1 is 1.32 bits per heavy atom. The molecule has 1 aliphatic heterocycles. The molecule has 2 aliphatic rings. The lowest BCUT2D eigenvalue weighted by atomic mass is 9.91. The van der Waals surface area contributed by atoms with Gasteiger partial charge in [-0.05, 0) is 18.4 Å². The first-order chi connectivity index (χ1) is 10.6. The highest BCUT2D eigenvalue weighted by atomic mass is 16.6. The summed E-state index contributed by atoms with van der Waals surface area (Å²) in [5.41, 5.74) is 1.20. The van der Waals surface area contributed by atoms with Crippen molar-refractivity contribution < 1.29 is 19.7 Å². The van der Waals surface area contributed by atoms with E-state index >= 15 is 0 Å². The lowest BCUT2D eigenvalue weighted by Crippen LogP contribution is -2.18. The normalized spacial score (nSPS) is 32.2. The number of ether oxygens (including phenoxy) is 1. The minimum Gasteiger partial charge on any atom is -0.462 e. The van der Waals surface area contributed by atoms with Crippen molar-refractivity contribution in [3.63, 3.8) is 0 Å². The van der Waals surface area contributed by atoms with Gasteiger partial charge in [-0.25, -0.2) is 0 Å². The maximum Gasteiger partial charge on any atom is 0.306 e. The number of carbonyl (C=O) groups is 1. The van der Waals surface area contributed by atoms with Crippen LogP contribution in [0.25, 0.3) is 0 Å². The molecule has 1 heterocycles. The Morgan fingerprint density at radius 2 is 2.09 bits per heavy atom. The average Bonchev–Trinajstić information content (AvgIpc) is 2.99. The highest BCUT2D eigenvalue weighted by Gasteiger charge is 2.48. The SMILES string of the molecule is O=C1C[C@@H]2[C@@H](/C=C/[C@@H](O)CCc3ccccc3)[C@H](O)C[C@@H]2O1. The topological polar surface area (TPSA) is 66.8 Å². The quantitative estimate of drug-likeness (QED) is 0.643. The first-order valence-corrected chi connectivity index (χ1v) is 7.91. The Balaban J connectivity index is 1.53. The molecule has 0 bridgehead atoms. The van der Waals surface area contributed by atoms with E-state index in [1.807, 2.05) is 36.4 Å². The van der Waals surface area contributed by atoms with Crippen LogP contribution in [-0.2, 0) is 16.0 Å². The van der Waals surface area contributed by atoms with Gasteiger partial charge in [-0.1, -0.05) is 42.5 Å². The van der Waals surface area contributed by atoms with E-state index in [0.29, 0.717) is 19.3 Å². The number of aryl methyl sites for hydroxylation is 1. The molecule has 2 N–H and O–H groups in total. The first kappa shape index (κ1) is 15.3. The summed E-state index contributed by atoms with van der Waals surface area (Å²) in [6.45, 7) is 0. The molecular weight excluding hydrogens is 280 g/mol. The molecule has 4 nitrogen and oxygen atoms in total. The van der Waals surface area contributed by atoms with E-state index in [-0.39, 0.29) is 23.9 Å². The molecule has 1 saturated heterocycles. The summed E-state index contributed by atoms with van der Waals surface area (Å²) in [4.78, 5) is 11.3. The standard InChI is InChI=1S/C18H22O4/c19-13(7-6-12-4-2-1-3-5-12)8-9-14-15-10-18(21)22-17(15)11-16(14)20/h1-5,8-9,13-17,19-20H,6-7,10-11H2/b9-8+/t13-,14+,15+,16+,17-/m0/s1. The zero-order valence-corrected chi connectivity index (χ0v) is 12.5. The van der Waals surface area contributed by atoms with Crippen LogP contribution in [0, 0.1) is 11.8 Å². The maximum atomic E-state index is 11.3. The third-order valence-electron chi connectivity index (χ3n) is 4.70. The molecule has 22 heavy (non-hydrogen) atoms. The third kappa shape index (κ3) is 3.39. The molecule has 1 saturated carbocycles. The Labute approximate surface area is 130 Å². The van der Waals surface area contributed by atoms with E-state index < -0.39 is 12.2 Å². The van der Waals surface area contributed by atoms with Crippen molar-refractivity contribution in [1.29, 1.82) is 0 Å². The van der Waals surface area contributed by atoms with Crippen molar-refractivity contribution in [3.8, 4) is 0 Å². The molecule has 2 fully saturated rings. The highest BCUT2D eigenvalue weighted by molar-refractivity contribution is 5.72. The molecule has 0 unspecified atom stereocenters. The van der Waals surface area contributed by atoms with Gasteiger partial charge in [0.1, 0.15) is 6.10 Å². The van der Waals surface area contributed by atoms with Gasteiger partial charge in [0.15, 0.2) is 0 Å². The second kappa shape index (κ2) is 6.63. The average molecular weight is 302 g/mol. The zero-order chi connectivity index (χ0) is 15.5. The molecule has 4 heteroatoms. The number of hydrogen-bond acceptors (Lipinski definition) is 4. The number of rotatable bonds is 5. The monoisotopic (exact) mass is 302 g/mol. The van der Waals surface area contributed by atoms with Crippen LogP contribution in [-0.4, -0.2) is 34.5 Å². The summed E-state index contributed by atoms with van der Waals surface area (Å²) >= 11 is 0. The largest absolute Gasteiger partial charge is 0.462 e. The predicted molar refractivity (Wildman–Crippen MR) is 82.0 cm³/mol. The molecule has 1 aromatic carbocycles. The fourth-order valence-electron chi connectivity index (χ4n) is 3.50. The van der Waals surface area contributed by atoms with E-state index in [2.05, 4.69) is 0 Å². The van der Waals surface area contributed by atoms with E-state index in [1.54, 1.807) is 6.08 Å². The Bertz CT molecular complexity index is 539. The van der Waals surface area contributed by atoms with Crippen molar-refractivity contribution in [2.24, 2.45) is 11.8 Å². The molecule has 118 valence electrons. The van der Waals surface area contributed by atoms with E-state index in [4.69, 9.17) is 4.74 Å². The van der Waals surface area contributed by atoms with Crippen LogP contribution >= 0.6 is 0 Å². The van der Waals surface area contributed by atoms with Gasteiger partial charge in [0.2, 0.25) is 0 Å². The maximum absolute atomic E-state index is 11.3. The Hall–Kier alpha value is -1.65. The number of aliphatic hydroxyl groups is 2. The van der Waals surface area contributed by atoms with E-state index in [9.17, 15) is 15.0 Å². The van der Waals surface area contributed by atoms with Gasteiger partial charge in [-0.2, -0.15) is 0 Å². The summed E-state index contributed by atoms with van der Waals surface area (Å²) in [7, 11) is 0. The fraction of sp³-hybridized carbons (Fsp3) is 0.500. The smallest absolute Gasteiger partial charge is 0.306 e. The molecule has 0 aromatic heterocycles. The van der Waals surface area contributed by atoms with Crippen LogP contribution in [0.4, 0.5) is 0 Å². The number of hydrogen-bond donors (Lipinski definition) is 2. The number of benzene rings is 1. The third-order valence-corrected chi connectivity index (χ3v) is 4.70. The van der Waals surface area contributed by atoms with Gasteiger partial charge >= 0.3 is 5.97 Å². The summed E-state index contributed by atoms with van der Waals surface area (Å²) in [5, 5.41) is 20.2. The van der Waals surface area contributed by atoms with Crippen molar-refractivity contribution in [1.82, 2.24) is 0 Å². The van der Waals surface area contributed by atoms with Gasteiger partial charge in [0.05, 0.1) is 18.6 Å². The van der Waals surface area contributed by atoms with Crippen LogP contribution in [0.15, 0.2) is 42.5 Å². The Kier molecular flexibility index (Phi) is 4.60. The minimum atomic E-state index is -0.538. The molecule has 1 aromatic rings. The van der Waals surface area contributed by atoms with Crippen molar-refractivity contribution in [2.75, 3.05) is 0 Å². The second-order valence-corrected chi connectivity index (χ2v) is 6.25. The van der Waals surface area contributed by atoms with Gasteiger partial charge in [-0.3, -0.25) is 4.79 Å². The summed E-state index contributed by atoms with van der Waals surface area (Å²) in [5.74, 6) is -0.215. The van der Waals surface area contributed by atoms with Crippen molar-refractivity contribution >= 4 is 5.97 Å². The summed E-state index contributed by atoms with van der Waals surface area (Å²) in [6, 6.07) is 10.0. The lowest BCUT2D eigenvalue weighted by molar-refractivity contribution is -0.141. The Morgan fingerprint density at radius 3 is 2.86 bits per heavy atom. The van der Waals surface area contributed by atoms with Crippen LogP contribution in [0.1, 0.15) is 24.8 Å². The van der Waals surface area contributed by atoms with Crippen molar-refractivity contribution in [3.05, 3.63) is 48.0 Å². The number of fused-ring (bicyclic) bond motifs is 1. The summed E-state index contributed by atoms with van der Waals surface area (Å²) in [6.07, 6.45) is 4.78. The van der Waals surface area contributed by atoms with Crippen LogP contribution < -0.4 is 0 Å². The lowest BCUT2D eigenvalue weighted by Gasteiger charge is -2.15. The predicted octanol–water partition coefficient (Wildman–Crippen LogP) is 1.85. The van der Waals surface area contributed by atoms with Gasteiger partial charge in [0.25, 0.3) is 0 Å². The molecule has 3 rings (SSSR count). The number of esters is 1. The highest BCUT2D eigenvalue weighted by Crippen LogP contribution is 2.42. The fourth-order valence-corrected chi connectivity index (χ4v) is 3.50. The van der Waals surface area contributed by atoms with Gasteiger partial charge < -0.3 is 14.9 Å². The van der Waals surface area contributed by atoms with Crippen LogP contribution in [0.5, 0.6) is 0 Å². The van der Waals surface area contributed by atoms with E-state index in [0.717, 1.165) is 6.42 Å². The van der Waals surface area contributed by atoms with Crippen molar-refractivity contribution in [2.45, 2.75) is 44.0 Å². The number of carbonyl (C=O) groups excluding carboxylic acids is 1. The number of aliphatic hydroxyl groups excluding tert-OH is 2. The van der Waals surface area contributed by atoms with Gasteiger partial charge in [-0.15, -0.1) is 0 Å². The van der Waals surface area contributed by atoms with Gasteiger partial charge in [0, 0.05) is 18.3 Å². The molecule has 5 atom stereocenters. The molecule has 1 aliphatic carbocycles. The molecule has 0 spiro atoms. The van der Waals surface area contributed by atoms with Crippen LogP contribution in [0.2, 0.25) is 0 Å². The summed E-state index contributed by atoms with van der Waals surface area (Å²) < 4.78 is 5.20. The zero-order valence-electron chi connectivity index (χ0n) is 12.5. The molecule has 0 amide bonds. The van der Waals surface area contributed by atoms with Crippen LogP contribution in [0.3, 0.4) is 0 Å². The molecular formula is C18H22O4. The van der Waals surface area contributed by atoms with E-state index in [1.165, 1.54) is 5.56 Å². The molecule has 0 radical (unpaired) electrons. The minimum absolute atomic E-state index is 0.0556. The second-order valence-electron chi connectivity index (χ2n) is 6.25. The first-order valence-electron chi connectivity index (χ1n) is 7.91.